The first-order valence-electron chi connectivity index (χ1n) is 8.63. The van der Waals surface area contributed by atoms with E-state index in [1.165, 1.54) is 23.2 Å². The van der Waals surface area contributed by atoms with Gasteiger partial charge in [-0.05, 0) is 46.7 Å². The molecule has 7 nitrogen and oxygen atoms in total. The SMILES string of the molecule is COc1ccc2cc(CN(C)C(=O)COC(=O)c3ccc[nH]c3=O)ccc2c1. The largest absolute Gasteiger partial charge is 0.497 e. The summed E-state index contributed by atoms with van der Waals surface area (Å²) in [6.07, 6.45) is 1.41. The molecule has 0 saturated heterocycles. The summed E-state index contributed by atoms with van der Waals surface area (Å²) >= 11 is 0. The molecule has 1 heterocycles. The van der Waals surface area contributed by atoms with E-state index in [0.29, 0.717) is 6.54 Å². The van der Waals surface area contributed by atoms with Crippen molar-refractivity contribution in [3.05, 3.63) is 76.2 Å². The first-order chi connectivity index (χ1) is 13.5. The number of carbonyl (C=O) groups is 2. The van der Waals surface area contributed by atoms with E-state index in [-0.39, 0.29) is 11.5 Å². The summed E-state index contributed by atoms with van der Waals surface area (Å²) in [4.78, 5) is 39.6. The number of amides is 1. The van der Waals surface area contributed by atoms with Gasteiger partial charge in [0.05, 0.1) is 7.11 Å². The molecule has 0 aliphatic rings. The number of fused-ring (bicyclic) bond motifs is 1. The number of benzene rings is 2. The molecular weight excluding hydrogens is 360 g/mol. The lowest BCUT2D eigenvalue weighted by Crippen LogP contribution is -2.31. The van der Waals surface area contributed by atoms with Crippen LogP contribution in [0.15, 0.2) is 59.5 Å². The molecule has 0 aliphatic carbocycles. The average molecular weight is 380 g/mol. The summed E-state index contributed by atoms with van der Waals surface area (Å²) in [6.45, 7) is -0.0707. The molecule has 28 heavy (non-hydrogen) atoms. The van der Waals surface area contributed by atoms with Gasteiger partial charge in [0, 0.05) is 19.8 Å². The number of methoxy groups -OCH3 is 1. The Morgan fingerprint density at radius 2 is 1.82 bits per heavy atom. The average Bonchev–Trinajstić information content (AvgIpc) is 2.71. The zero-order valence-electron chi connectivity index (χ0n) is 15.6. The Bertz CT molecular complexity index is 1070. The van der Waals surface area contributed by atoms with Crippen LogP contribution in [0.25, 0.3) is 10.8 Å². The Morgan fingerprint density at radius 1 is 1.07 bits per heavy atom. The van der Waals surface area contributed by atoms with Crippen LogP contribution in [0.3, 0.4) is 0 Å². The van der Waals surface area contributed by atoms with Gasteiger partial charge in [-0.1, -0.05) is 18.2 Å². The van der Waals surface area contributed by atoms with Crippen LogP contribution in [0.1, 0.15) is 15.9 Å². The zero-order valence-corrected chi connectivity index (χ0v) is 15.6. The van der Waals surface area contributed by atoms with Crippen LogP contribution in [0.2, 0.25) is 0 Å². The Balaban J connectivity index is 1.61. The number of nitrogens with zero attached hydrogens (tertiary/aromatic N) is 1. The minimum atomic E-state index is -0.830. The van der Waals surface area contributed by atoms with Gasteiger partial charge in [-0.2, -0.15) is 0 Å². The van der Waals surface area contributed by atoms with Gasteiger partial charge in [0.25, 0.3) is 11.5 Å². The molecule has 0 spiro atoms. The number of likely N-dealkylation sites (N-methyl/N-ethyl adjacent to an activating group) is 1. The van der Waals surface area contributed by atoms with Crippen molar-refractivity contribution >= 4 is 22.6 Å². The number of carbonyl (C=O) groups excluding carboxylic acids is 2. The van der Waals surface area contributed by atoms with Gasteiger partial charge in [0.2, 0.25) is 0 Å². The van der Waals surface area contributed by atoms with E-state index in [2.05, 4.69) is 4.98 Å². The smallest absolute Gasteiger partial charge is 0.344 e. The molecular formula is C21H20N2O5. The molecule has 1 aromatic heterocycles. The second kappa shape index (κ2) is 8.39. The highest BCUT2D eigenvalue weighted by atomic mass is 16.5. The summed E-state index contributed by atoms with van der Waals surface area (Å²) in [7, 11) is 3.25. The molecule has 144 valence electrons. The normalized spacial score (nSPS) is 10.5. The number of aromatic nitrogens is 1. The van der Waals surface area contributed by atoms with Crippen molar-refractivity contribution in [2.24, 2.45) is 0 Å². The number of esters is 1. The molecule has 1 N–H and O–H groups in total. The molecule has 3 aromatic rings. The molecule has 0 unspecified atom stereocenters. The lowest BCUT2D eigenvalue weighted by atomic mass is 10.1. The Kier molecular flexibility index (Phi) is 5.74. The van der Waals surface area contributed by atoms with E-state index in [4.69, 9.17) is 9.47 Å². The van der Waals surface area contributed by atoms with Gasteiger partial charge < -0.3 is 19.4 Å². The summed E-state index contributed by atoms with van der Waals surface area (Å²) in [5.41, 5.74) is 0.253. The molecule has 0 atom stereocenters. The standard InChI is InChI=1S/C21H20N2O5/c1-23(19(24)13-28-21(26)18-4-3-9-22-20(18)25)12-14-5-6-16-11-17(27-2)8-7-15(16)10-14/h3-11H,12-13H2,1-2H3,(H,22,25). The fourth-order valence-electron chi connectivity index (χ4n) is 2.76. The van der Waals surface area contributed by atoms with Crippen LogP contribution in [-0.4, -0.2) is 42.5 Å². The van der Waals surface area contributed by atoms with Crippen molar-refractivity contribution in [3.8, 4) is 5.75 Å². The minimum absolute atomic E-state index is 0.136. The van der Waals surface area contributed by atoms with Crippen molar-refractivity contribution < 1.29 is 19.1 Å². The number of nitrogens with one attached hydrogen (secondary N) is 1. The third-order valence-electron chi connectivity index (χ3n) is 4.32. The first kappa shape index (κ1) is 19.2. The minimum Gasteiger partial charge on any atom is -0.497 e. The number of hydrogen-bond donors (Lipinski definition) is 1. The van der Waals surface area contributed by atoms with E-state index in [9.17, 15) is 14.4 Å². The van der Waals surface area contributed by atoms with E-state index < -0.39 is 18.1 Å². The number of rotatable bonds is 6. The van der Waals surface area contributed by atoms with Gasteiger partial charge in [-0.25, -0.2) is 4.79 Å². The maximum absolute atomic E-state index is 12.3. The number of aromatic amines is 1. The Hall–Kier alpha value is -3.61. The van der Waals surface area contributed by atoms with Gasteiger partial charge in [0.1, 0.15) is 11.3 Å². The highest BCUT2D eigenvalue weighted by Crippen LogP contribution is 2.22. The van der Waals surface area contributed by atoms with Crippen LogP contribution >= 0.6 is 0 Å². The van der Waals surface area contributed by atoms with Gasteiger partial charge >= 0.3 is 5.97 Å². The van der Waals surface area contributed by atoms with E-state index in [0.717, 1.165) is 22.1 Å². The maximum atomic E-state index is 12.3. The van der Waals surface area contributed by atoms with Crippen molar-refractivity contribution in [1.82, 2.24) is 9.88 Å². The third-order valence-corrected chi connectivity index (χ3v) is 4.32. The molecule has 0 aliphatic heterocycles. The highest BCUT2D eigenvalue weighted by Gasteiger charge is 2.16. The van der Waals surface area contributed by atoms with E-state index in [1.807, 2.05) is 36.4 Å². The van der Waals surface area contributed by atoms with Crippen molar-refractivity contribution in [3.63, 3.8) is 0 Å². The predicted octanol–water partition coefficient (Wildman–Crippen LogP) is 2.35. The molecule has 2 aromatic carbocycles. The zero-order chi connectivity index (χ0) is 20.1. The Labute approximate surface area is 161 Å². The van der Waals surface area contributed by atoms with E-state index in [1.54, 1.807) is 14.2 Å². The topological polar surface area (TPSA) is 88.7 Å². The molecule has 0 fully saturated rings. The fraction of sp³-hybridized carbons (Fsp3) is 0.190. The summed E-state index contributed by atoms with van der Waals surface area (Å²) in [5.74, 6) is -0.412. The van der Waals surface area contributed by atoms with Crippen LogP contribution in [-0.2, 0) is 16.1 Å². The van der Waals surface area contributed by atoms with Crippen molar-refractivity contribution in [2.75, 3.05) is 20.8 Å². The van der Waals surface area contributed by atoms with E-state index >= 15 is 0 Å². The third kappa shape index (κ3) is 4.37. The molecule has 3 rings (SSSR count). The molecule has 0 bridgehead atoms. The quantitative estimate of drug-likeness (QED) is 0.663. The number of pyridine rings is 1. The van der Waals surface area contributed by atoms with Crippen molar-refractivity contribution in [2.45, 2.75) is 6.54 Å². The van der Waals surface area contributed by atoms with Gasteiger partial charge in [-0.3, -0.25) is 9.59 Å². The lowest BCUT2D eigenvalue weighted by Gasteiger charge is -2.17. The highest BCUT2D eigenvalue weighted by molar-refractivity contribution is 5.91. The molecule has 7 heteroatoms. The first-order valence-corrected chi connectivity index (χ1v) is 8.63. The monoisotopic (exact) mass is 380 g/mol. The summed E-state index contributed by atoms with van der Waals surface area (Å²) < 4.78 is 10.2. The molecule has 0 saturated carbocycles. The second-order valence-electron chi connectivity index (χ2n) is 6.29. The fourth-order valence-corrected chi connectivity index (χ4v) is 2.76. The summed E-state index contributed by atoms with van der Waals surface area (Å²) in [5, 5.41) is 2.08. The van der Waals surface area contributed by atoms with Crippen LogP contribution in [0, 0.1) is 0 Å². The van der Waals surface area contributed by atoms with Crippen LogP contribution in [0.4, 0.5) is 0 Å². The maximum Gasteiger partial charge on any atom is 0.344 e. The number of H-pyrrole nitrogens is 1. The van der Waals surface area contributed by atoms with Crippen LogP contribution < -0.4 is 10.3 Å². The number of hydrogen-bond acceptors (Lipinski definition) is 5. The van der Waals surface area contributed by atoms with Crippen molar-refractivity contribution in [1.29, 1.82) is 0 Å². The summed E-state index contributed by atoms with van der Waals surface area (Å²) in [6, 6.07) is 14.5. The Morgan fingerprint density at radius 3 is 2.57 bits per heavy atom. The van der Waals surface area contributed by atoms with Crippen LogP contribution in [0.5, 0.6) is 5.75 Å². The number of ether oxygens (including phenoxy) is 2. The molecule has 0 radical (unpaired) electrons. The second-order valence-corrected chi connectivity index (χ2v) is 6.29. The lowest BCUT2D eigenvalue weighted by molar-refractivity contribution is -0.133. The predicted molar refractivity (Wildman–Crippen MR) is 104 cm³/mol. The molecule has 1 amide bonds. The van der Waals surface area contributed by atoms with Gasteiger partial charge in [0.15, 0.2) is 6.61 Å². The van der Waals surface area contributed by atoms with Gasteiger partial charge in [-0.15, -0.1) is 0 Å².